The highest BCUT2D eigenvalue weighted by Gasteiger charge is 2.32. The highest BCUT2D eigenvalue weighted by molar-refractivity contribution is 4.90. The largest absolute Gasteiger partial charge is 0.393 e. The zero-order valence-electron chi connectivity index (χ0n) is 12.9. The second-order valence-electron chi connectivity index (χ2n) is 7.05. The molecule has 1 saturated heterocycles. The quantitative estimate of drug-likeness (QED) is 0.743. The van der Waals surface area contributed by atoms with E-state index in [0.29, 0.717) is 17.9 Å². The molecule has 112 valence electrons. The summed E-state index contributed by atoms with van der Waals surface area (Å²) in [6, 6.07) is 1.44. The minimum atomic E-state index is -0.131. The van der Waals surface area contributed by atoms with E-state index < -0.39 is 0 Å². The van der Waals surface area contributed by atoms with Gasteiger partial charge in [-0.2, -0.15) is 0 Å². The van der Waals surface area contributed by atoms with Crippen molar-refractivity contribution in [3.05, 3.63) is 0 Å². The van der Waals surface area contributed by atoms with E-state index in [0.717, 1.165) is 12.5 Å². The summed E-state index contributed by atoms with van der Waals surface area (Å²) in [7, 11) is 0. The van der Waals surface area contributed by atoms with Crippen molar-refractivity contribution in [2.45, 2.75) is 71.1 Å². The number of nitrogens with zero attached hydrogens (tertiary/aromatic N) is 1. The van der Waals surface area contributed by atoms with Crippen LogP contribution in [0.4, 0.5) is 0 Å². The van der Waals surface area contributed by atoms with Gasteiger partial charge in [0.15, 0.2) is 0 Å². The van der Waals surface area contributed by atoms with Gasteiger partial charge in [-0.15, -0.1) is 0 Å². The molecule has 3 heteroatoms. The molecule has 0 aromatic rings. The molecule has 2 rings (SSSR count). The minimum Gasteiger partial charge on any atom is -0.393 e. The lowest BCUT2D eigenvalue weighted by Gasteiger charge is -2.39. The van der Waals surface area contributed by atoms with Gasteiger partial charge in [-0.25, -0.2) is 0 Å². The van der Waals surface area contributed by atoms with Crippen molar-refractivity contribution < 1.29 is 5.11 Å². The molecule has 3 atom stereocenters. The second kappa shape index (κ2) is 7.05. The normalized spacial score (nSPS) is 30.8. The van der Waals surface area contributed by atoms with E-state index >= 15 is 0 Å². The smallest absolute Gasteiger partial charge is 0.0566 e. The van der Waals surface area contributed by atoms with Crippen LogP contribution in [-0.4, -0.2) is 47.8 Å². The van der Waals surface area contributed by atoms with Crippen molar-refractivity contribution in [1.29, 1.82) is 0 Å². The average molecular weight is 268 g/mol. The molecule has 2 fully saturated rings. The lowest BCUT2D eigenvalue weighted by atomic mass is 9.86. The van der Waals surface area contributed by atoms with Crippen LogP contribution in [0, 0.1) is 11.8 Å². The molecule has 3 unspecified atom stereocenters. The van der Waals surface area contributed by atoms with Crippen LogP contribution < -0.4 is 5.32 Å². The van der Waals surface area contributed by atoms with Crippen LogP contribution in [0.5, 0.6) is 0 Å². The summed E-state index contributed by atoms with van der Waals surface area (Å²) >= 11 is 0. The first kappa shape index (κ1) is 15.3. The summed E-state index contributed by atoms with van der Waals surface area (Å²) in [5.41, 5.74) is 0. The Morgan fingerprint density at radius 2 is 1.95 bits per heavy atom. The first-order chi connectivity index (χ1) is 9.08. The summed E-state index contributed by atoms with van der Waals surface area (Å²) in [5, 5.41) is 13.9. The van der Waals surface area contributed by atoms with Crippen molar-refractivity contribution >= 4 is 0 Å². The number of piperidine rings is 1. The summed E-state index contributed by atoms with van der Waals surface area (Å²) in [4.78, 5) is 2.60. The van der Waals surface area contributed by atoms with Crippen molar-refractivity contribution in [3.8, 4) is 0 Å². The first-order valence-electron chi connectivity index (χ1n) is 8.25. The molecule has 0 radical (unpaired) electrons. The number of likely N-dealkylation sites (tertiary alicyclic amines) is 1. The van der Waals surface area contributed by atoms with Crippen LogP contribution in [0.1, 0.15) is 52.9 Å². The average Bonchev–Trinajstić information content (AvgIpc) is 3.12. The van der Waals surface area contributed by atoms with Gasteiger partial charge in [0.2, 0.25) is 0 Å². The molecule has 0 aromatic heterocycles. The highest BCUT2D eigenvalue weighted by Crippen LogP contribution is 2.27. The number of hydrogen-bond donors (Lipinski definition) is 2. The molecule has 1 aliphatic heterocycles. The number of hydrogen-bond acceptors (Lipinski definition) is 3. The third-order valence-corrected chi connectivity index (χ3v) is 4.55. The molecule has 1 aliphatic carbocycles. The van der Waals surface area contributed by atoms with Crippen molar-refractivity contribution in [3.63, 3.8) is 0 Å². The molecule has 0 amide bonds. The fourth-order valence-electron chi connectivity index (χ4n) is 3.29. The van der Waals surface area contributed by atoms with Crippen molar-refractivity contribution in [2.24, 2.45) is 11.8 Å². The lowest BCUT2D eigenvalue weighted by Crippen LogP contribution is -2.50. The van der Waals surface area contributed by atoms with Gasteiger partial charge in [-0.05, 0) is 50.5 Å². The SMILES string of the molecule is CCCN1CC(CC(O)C(C)C)CC(NC2CC2)C1. The van der Waals surface area contributed by atoms with Gasteiger partial charge in [-0.3, -0.25) is 0 Å². The van der Waals surface area contributed by atoms with Crippen molar-refractivity contribution in [2.75, 3.05) is 19.6 Å². The standard InChI is InChI=1S/C16H32N2O/c1-4-7-18-10-13(9-16(19)12(2)3)8-15(11-18)17-14-5-6-14/h12-17,19H,4-11H2,1-3H3. The van der Waals surface area contributed by atoms with Crippen LogP contribution in [0.15, 0.2) is 0 Å². The zero-order chi connectivity index (χ0) is 13.8. The molecule has 1 saturated carbocycles. The van der Waals surface area contributed by atoms with Gasteiger partial charge < -0.3 is 15.3 Å². The van der Waals surface area contributed by atoms with E-state index in [1.54, 1.807) is 0 Å². The summed E-state index contributed by atoms with van der Waals surface area (Å²) < 4.78 is 0. The van der Waals surface area contributed by atoms with E-state index in [4.69, 9.17) is 0 Å². The Bertz CT molecular complexity index is 265. The maximum absolute atomic E-state index is 10.1. The summed E-state index contributed by atoms with van der Waals surface area (Å²) in [6.45, 7) is 10.1. The van der Waals surface area contributed by atoms with E-state index in [1.807, 2.05) is 0 Å². The third kappa shape index (κ3) is 5.05. The second-order valence-corrected chi connectivity index (χ2v) is 7.05. The Balaban J connectivity index is 1.85. The van der Waals surface area contributed by atoms with Gasteiger partial charge in [0.05, 0.1) is 6.10 Å². The zero-order valence-corrected chi connectivity index (χ0v) is 12.9. The van der Waals surface area contributed by atoms with Gasteiger partial charge in [0.1, 0.15) is 0 Å². The van der Waals surface area contributed by atoms with Crippen LogP contribution in [0.2, 0.25) is 0 Å². The molecule has 2 N–H and O–H groups in total. The van der Waals surface area contributed by atoms with Gasteiger partial charge in [0, 0.05) is 25.2 Å². The summed E-state index contributed by atoms with van der Waals surface area (Å²) in [6.07, 6.45) is 6.05. The van der Waals surface area contributed by atoms with E-state index in [1.165, 1.54) is 45.3 Å². The Morgan fingerprint density at radius 3 is 2.53 bits per heavy atom. The Labute approximate surface area is 118 Å². The molecular formula is C16H32N2O. The molecule has 0 spiro atoms. The first-order valence-corrected chi connectivity index (χ1v) is 8.25. The van der Waals surface area contributed by atoms with Crippen LogP contribution in [0.25, 0.3) is 0 Å². The Morgan fingerprint density at radius 1 is 1.21 bits per heavy atom. The minimum absolute atomic E-state index is 0.131. The fraction of sp³-hybridized carbons (Fsp3) is 1.00. The van der Waals surface area contributed by atoms with E-state index in [9.17, 15) is 5.11 Å². The molecule has 0 aromatic carbocycles. The van der Waals surface area contributed by atoms with Crippen LogP contribution >= 0.6 is 0 Å². The number of aliphatic hydroxyl groups excluding tert-OH is 1. The highest BCUT2D eigenvalue weighted by atomic mass is 16.3. The Hall–Kier alpha value is -0.120. The maximum Gasteiger partial charge on any atom is 0.0566 e. The fourth-order valence-corrected chi connectivity index (χ4v) is 3.29. The van der Waals surface area contributed by atoms with Gasteiger partial charge >= 0.3 is 0 Å². The topological polar surface area (TPSA) is 35.5 Å². The van der Waals surface area contributed by atoms with Crippen LogP contribution in [0.3, 0.4) is 0 Å². The maximum atomic E-state index is 10.1. The molecule has 19 heavy (non-hydrogen) atoms. The van der Waals surface area contributed by atoms with Crippen molar-refractivity contribution in [1.82, 2.24) is 10.2 Å². The molecule has 3 nitrogen and oxygen atoms in total. The number of rotatable bonds is 7. The van der Waals surface area contributed by atoms with Gasteiger partial charge in [-0.1, -0.05) is 20.8 Å². The monoisotopic (exact) mass is 268 g/mol. The third-order valence-electron chi connectivity index (χ3n) is 4.55. The molecule has 0 bridgehead atoms. The molecule has 1 heterocycles. The lowest BCUT2D eigenvalue weighted by molar-refractivity contribution is 0.0615. The van der Waals surface area contributed by atoms with Crippen LogP contribution in [-0.2, 0) is 0 Å². The number of nitrogens with one attached hydrogen (secondary N) is 1. The predicted molar refractivity (Wildman–Crippen MR) is 80.2 cm³/mol. The molecule has 2 aliphatic rings. The van der Waals surface area contributed by atoms with Gasteiger partial charge in [0.25, 0.3) is 0 Å². The van der Waals surface area contributed by atoms with E-state index in [2.05, 4.69) is 31.0 Å². The number of aliphatic hydroxyl groups is 1. The van der Waals surface area contributed by atoms with E-state index in [-0.39, 0.29) is 6.10 Å². The Kier molecular flexibility index (Phi) is 5.67. The molecular weight excluding hydrogens is 236 g/mol. The predicted octanol–water partition coefficient (Wildman–Crippen LogP) is 2.25. The summed E-state index contributed by atoms with van der Waals surface area (Å²) in [5.74, 6) is 1.05.